The molecule has 7 heteroatoms. The summed E-state index contributed by atoms with van der Waals surface area (Å²) in [5.41, 5.74) is 6.93. The summed E-state index contributed by atoms with van der Waals surface area (Å²) in [7, 11) is -0.495. The lowest BCUT2D eigenvalue weighted by Crippen LogP contribution is -2.41. The lowest BCUT2D eigenvalue weighted by molar-refractivity contribution is 0.00578. The van der Waals surface area contributed by atoms with E-state index >= 15 is 0 Å². The molecule has 6 nitrogen and oxygen atoms in total. The minimum absolute atomic E-state index is 0.439. The fourth-order valence-electron chi connectivity index (χ4n) is 5.19. The number of nitrogens with zero attached hydrogens (tertiary/aromatic N) is 3. The third-order valence-electron chi connectivity index (χ3n) is 8.05. The Morgan fingerprint density at radius 3 is 1.85 bits per heavy atom. The second-order valence-corrected chi connectivity index (χ2v) is 11.2. The Labute approximate surface area is 233 Å². The molecule has 0 spiro atoms. The first-order valence-corrected chi connectivity index (χ1v) is 13.5. The van der Waals surface area contributed by atoms with E-state index in [-0.39, 0.29) is 0 Å². The van der Waals surface area contributed by atoms with Crippen LogP contribution in [-0.2, 0) is 9.31 Å². The molecule has 0 bridgehead atoms. The number of furan rings is 1. The molecule has 0 N–H and O–H groups in total. The van der Waals surface area contributed by atoms with Crippen molar-refractivity contribution in [2.75, 3.05) is 0 Å². The highest BCUT2D eigenvalue weighted by atomic mass is 16.7. The Balaban J connectivity index is 1.41. The predicted octanol–water partition coefficient (Wildman–Crippen LogP) is 7.07. The normalized spacial score (nSPS) is 16.1. The summed E-state index contributed by atoms with van der Waals surface area (Å²) < 4.78 is 19.2. The van der Waals surface area contributed by atoms with Crippen molar-refractivity contribution in [2.45, 2.75) is 38.9 Å². The summed E-state index contributed by atoms with van der Waals surface area (Å²) in [6.45, 7) is 8.28. The van der Waals surface area contributed by atoms with Crippen LogP contribution in [0, 0.1) is 0 Å². The number of aromatic nitrogens is 3. The molecular weight excluding hydrogens is 497 g/mol. The van der Waals surface area contributed by atoms with Gasteiger partial charge in [-0.2, -0.15) is 0 Å². The highest BCUT2D eigenvalue weighted by Gasteiger charge is 2.52. The summed E-state index contributed by atoms with van der Waals surface area (Å²) in [6, 6.07) is 28.2. The van der Waals surface area contributed by atoms with E-state index in [1.165, 1.54) is 0 Å². The fraction of sp³-hybridized carbons (Fsp3) is 0.182. The van der Waals surface area contributed by atoms with Gasteiger partial charge in [0.2, 0.25) is 0 Å². The molecule has 1 fully saturated rings. The van der Waals surface area contributed by atoms with Gasteiger partial charge in [-0.1, -0.05) is 30.3 Å². The minimum atomic E-state index is -0.495. The van der Waals surface area contributed by atoms with E-state index in [0.29, 0.717) is 0 Å². The van der Waals surface area contributed by atoms with Crippen molar-refractivity contribution in [1.82, 2.24) is 15.0 Å². The van der Waals surface area contributed by atoms with Crippen LogP contribution in [0.15, 0.2) is 102 Å². The van der Waals surface area contributed by atoms with Crippen LogP contribution in [0.2, 0.25) is 0 Å². The molecule has 0 aliphatic carbocycles. The standard InChI is InChI=1S/C33H28BN3O3/c1-32(2)33(3,4)40-34(39-32)24-10-9-13-30-31(24)23-18-21(14-15-29(23)38-30)22-19-27(25-11-5-7-16-35-25)37-28(20-22)26-12-6-8-17-36-26/h5-20H,1-4H3. The SMILES string of the molecule is CC1(C)OB(c2cccc3oc4ccc(-c5cc(-c6ccccn6)nc(-c6ccccn6)c5)cc4c23)OC1(C)C. The summed E-state index contributed by atoms with van der Waals surface area (Å²) in [6.07, 6.45) is 3.57. The number of hydrogen-bond acceptors (Lipinski definition) is 6. The highest BCUT2D eigenvalue weighted by molar-refractivity contribution is 6.66. The van der Waals surface area contributed by atoms with Crippen LogP contribution in [0.25, 0.3) is 55.8 Å². The highest BCUT2D eigenvalue weighted by Crippen LogP contribution is 2.39. The molecule has 0 atom stereocenters. The fourth-order valence-corrected chi connectivity index (χ4v) is 5.19. The molecule has 0 radical (unpaired) electrons. The zero-order valence-electron chi connectivity index (χ0n) is 22.9. The van der Waals surface area contributed by atoms with Crippen molar-refractivity contribution in [3.63, 3.8) is 0 Å². The summed E-state index contributed by atoms with van der Waals surface area (Å²) in [4.78, 5) is 14.0. The number of pyridine rings is 3. The Kier molecular flexibility index (Phi) is 5.63. The number of benzene rings is 2. The second-order valence-electron chi connectivity index (χ2n) is 11.2. The quantitative estimate of drug-likeness (QED) is 0.229. The van der Waals surface area contributed by atoms with Crippen LogP contribution in [0.3, 0.4) is 0 Å². The Hall–Kier alpha value is -4.33. The third-order valence-corrected chi connectivity index (χ3v) is 8.05. The molecule has 40 heavy (non-hydrogen) atoms. The second kappa shape index (κ2) is 9.12. The van der Waals surface area contributed by atoms with E-state index < -0.39 is 18.3 Å². The largest absolute Gasteiger partial charge is 0.495 e. The van der Waals surface area contributed by atoms with Gasteiger partial charge in [-0.25, -0.2) is 4.98 Å². The molecule has 4 aromatic heterocycles. The first-order valence-electron chi connectivity index (χ1n) is 13.5. The smallest absolute Gasteiger partial charge is 0.456 e. The average molecular weight is 525 g/mol. The van der Waals surface area contributed by atoms with Crippen molar-refractivity contribution in [2.24, 2.45) is 0 Å². The van der Waals surface area contributed by atoms with E-state index in [2.05, 4.69) is 68.0 Å². The van der Waals surface area contributed by atoms with Crippen molar-refractivity contribution in [1.29, 1.82) is 0 Å². The van der Waals surface area contributed by atoms with Gasteiger partial charge in [-0.3, -0.25) is 9.97 Å². The molecule has 5 heterocycles. The van der Waals surface area contributed by atoms with Crippen LogP contribution in [0.1, 0.15) is 27.7 Å². The van der Waals surface area contributed by atoms with Gasteiger partial charge in [0.05, 0.1) is 34.0 Å². The van der Waals surface area contributed by atoms with E-state index in [4.69, 9.17) is 18.7 Å². The lowest BCUT2D eigenvalue weighted by atomic mass is 9.76. The average Bonchev–Trinajstić information content (AvgIpc) is 3.45. The summed E-state index contributed by atoms with van der Waals surface area (Å²) in [5, 5.41) is 2.01. The first-order chi connectivity index (χ1) is 19.3. The van der Waals surface area contributed by atoms with Crippen LogP contribution in [-0.4, -0.2) is 33.3 Å². The molecule has 1 saturated heterocycles. The molecule has 196 valence electrons. The number of fused-ring (bicyclic) bond motifs is 3. The molecule has 0 unspecified atom stereocenters. The van der Waals surface area contributed by atoms with Crippen molar-refractivity contribution in [3.05, 3.63) is 97.3 Å². The van der Waals surface area contributed by atoms with Crippen LogP contribution < -0.4 is 5.46 Å². The van der Waals surface area contributed by atoms with Gasteiger partial charge < -0.3 is 13.7 Å². The minimum Gasteiger partial charge on any atom is -0.456 e. The zero-order valence-corrected chi connectivity index (χ0v) is 22.9. The monoisotopic (exact) mass is 525 g/mol. The van der Waals surface area contributed by atoms with E-state index in [9.17, 15) is 0 Å². The molecular formula is C33H28BN3O3. The summed E-state index contributed by atoms with van der Waals surface area (Å²) >= 11 is 0. The van der Waals surface area contributed by atoms with Gasteiger partial charge in [0.15, 0.2) is 0 Å². The molecule has 2 aromatic carbocycles. The number of hydrogen-bond donors (Lipinski definition) is 0. The molecule has 1 aliphatic heterocycles. The third kappa shape index (κ3) is 4.10. The predicted molar refractivity (Wildman–Crippen MR) is 159 cm³/mol. The molecule has 6 aromatic rings. The maximum atomic E-state index is 6.43. The van der Waals surface area contributed by atoms with Crippen LogP contribution in [0.5, 0.6) is 0 Å². The Morgan fingerprint density at radius 1 is 0.600 bits per heavy atom. The van der Waals surface area contributed by atoms with E-state index in [0.717, 1.165) is 61.3 Å². The molecule has 0 amide bonds. The van der Waals surface area contributed by atoms with Crippen molar-refractivity contribution >= 4 is 34.5 Å². The lowest BCUT2D eigenvalue weighted by Gasteiger charge is -2.32. The Bertz CT molecular complexity index is 1790. The van der Waals surface area contributed by atoms with Crippen molar-refractivity contribution < 1.29 is 13.7 Å². The van der Waals surface area contributed by atoms with Crippen molar-refractivity contribution in [3.8, 4) is 33.9 Å². The number of rotatable bonds is 4. The molecule has 7 rings (SSSR count). The van der Waals surface area contributed by atoms with Gasteiger partial charge >= 0.3 is 7.12 Å². The van der Waals surface area contributed by atoms with E-state index in [1.807, 2.05) is 54.6 Å². The van der Waals surface area contributed by atoms with Gasteiger partial charge in [-0.05, 0) is 98.9 Å². The van der Waals surface area contributed by atoms with Crippen LogP contribution in [0.4, 0.5) is 0 Å². The van der Waals surface area contributed by atoms with E-state index in [1.54, 1.807) is 12.4 Å². The Morgan fingerprint density at radius 2 is 1.25 bits per heavy atom. The first kappa shape index (κ1) is 24.7. The van der Waals surface area contributed by atoms with Gasteiger partial charge in [0.1, 0.15) is 11.2 Å². The van der Waals surface area contributed by atoms with Gasteiger partial charge in [-0.15, -0.1) is 0 Å². The molecule has 1 aliphatic rings. The zero-order chi connectivity index (χ0) is 27.5. The van der Waals surface area contributed by atoms with Crippen LogP contribution >= 0.6 is 0 Å². The topological polar surface area (TPSA) is 70.3 Å². The maximum Gasteiger partial charge on any atom is 0.495 e. The molecule has 0 saturated carbocycles. The van der Waals surface area contributed by atoms with Gasteiger partial charge in [0, 0.05) is 23.2 Å². The summed E-state index contributed by atoms with van der Waals surface area (Å²) in [5.74, 6) is 0. The van der Waals surface area contributed by atoms with Gasteiger partial charge in [0.25, 0.3) is 0 Å². The maximum absolute atomic E-state index is 6.43.